The molecule has 2 heterocycles. The summed E-state index contributed by atoms with van der Waals surface area (Å²) in [5, 5.41) is 9.00. The Morgan fingerprint density at radius 1 is 1.26 bits per heavy atom. The number of ether oxygens (including phenoxy) is 1. The van der Waals surface area contributed by atoms with E-state index in [4.69, 9.17) is 4.74 Å². The van der Waals surface area contributed by atoms with Crippen LogP contribution in [0.4, 0.5) is 0 Å². The molecule has 1 aromatic heterocycles. The zero-order valence-corrected chi connectivity index (χ0v) is 19.2. The van der Waals surface area contributed by atoms with Crippen molar-refractivity contribution in [3.63, 3.8) is 0 Å². The van der Waals surface area contributed by atoms with E-state index in [1.807, 2.05) is 43.5 Å². The minimum absolute atomic E-state index is 0. The molecule has 0 saturated carbocycles. The van der Waals surface area contributed by atoms with Crippen LogP contribution < -0.4 is 15.4 Å². The molecular formula is C20H29IN4OS. The van der Waals surface area contributed by atoms with Gasteiger partial charge >= 0.3 is 0 Å². The van der Waals surface area contributed by atoms with E-state index in [1.54, 1.807) is 4.88 Å². The first-order valence-electron chi connectivity index (χ1n) is 9.23. The van der Waals surface area contributed by atoms with Crippen molar-refractivity contribution in [2.24, 2.45) is 4.99 Å². The molecule has 3 rings (SSSR count). The summed E-state index contributed by atoms with van der Waals surface area (Å²) in [6.45, 7) is 7.48. The van der Waals surface area contributed by atoms with Gasteiger partial charge in [0.2, 0.25) is 0 Å². The number of rotatable bonds is 7. The van der Waals surface area contributed by atoms with E-state index in [1.165, 1.54) is 12.0 Å². The molecule has 7 heteroatoms. The van der Waals surface area contributed by atoms with Gasteiger partial charge < -0.3 is 15.4 Å². The third kappa shape index (κ3) is 6.36. The summed E-state index contributed by atoms with van der Waals surface area (Å²) in [5.74, 6) is 1.75. The van der Waals surface area contributed by atoms with Crippen molar-refractivity contribution >= 4 is 41.3 Å². The Morgan fingerprint density at radius 2 is 2.11 bits per heavy atom. The van der Waals surface area contributed by atoms with Gasteiger partial charge in [-0.3, -0.25) is 9.89 Å². The van der Waals surface area contributed by atoms with E-state index in [0.717, 1.165) is 43.5 Å². The van der Waals surface area contributed by atoms with Crippen LogP contribution in [-0.4, -0.2) is 44.1 Å². The first kappa shape index (κ1) is 22.0. The van der Waals surface area contributed by atoms with Crippen molar-refractivity contribution in [1.82, 2.24) is 15.5 Å². The minimum Gasteiger partial charge on any atom is -0.494 e. The number of aliphatic imine (C=N–C) groups is 1. The van der Waals surface area contributed by atoms with Crippen LogP contribution in [0, 0.1) is 0 Å². The zero-order valence-electron chi connectivity index (χ0n) is 16.0. The lowest BCUT2D eigenvalue weighted by molar-refractivity contribution is 0.260. The third-order valence-electron chi connectivity index (χ3n) is 4.55. The largest absolute Gasteiger partial charge is 0.494 e. The summed E-state index contributed by atoms with van der Waals surface area (Å²) in [4.78, 5) is 8.38. The molecule has 2 N–H and O–H groups in total. The van der Waals surface area contributed by atoms with Gasteiger partial charge in [0.25, 0.3) is 0 Å². The van der Waals surface area contributed by atoms with Gasteiger partial charge in [-0.15, -0.1) is 35.3 Å². The molecule has 0 saturated heterocycles. The summed E-state index contributed by atoms with van der Waals surface area (Å²) in [5.41, 5.74) is 2.63. The number of benzene rings is 1. The second kappa shape index (κ2) is 11.5. The van der Waals surface area contributed by atoms with Crippen molar-refractivity contribution < 1.29 is 4.74 Å². The van der Waals surface area contributed by atoms with Crippen LogP contribution in [-0.2, 0) is 19.5 Å². The highest BCUT2D eigenvalue weighted by atomic mass is 127. The molecule has 0 radical (unpaired) electrons. The molecule has 1 aliphatic heterocycles. The number of thiophene rings is 1. The van der Waals surface area contributed by atoms with Gasteiger partial charge in [0.15, 0.2) is 5.96 Å². The number of nitrogens with one attached hydrogen (secondary N) is 2. The monoisotopic (exact) mass is 500 g/mol. The fraction of sp³-hybridized carbons (Fsp3) is 0.450. The number of fused-ring (bicyclic) bond motifs is 1. The van der Waals surface area contributed by atoms with Crippen molar-refractivity contribution in [1.29, 1.82) is 0 Å². The molecule has 27 heavy (non-hydrogen) atoms. The molecule has 5 nitrogen and oxygen atoms in total. The third-order valence-corrected chi connectivity index (χ3v) is 5.57. The van der Waals surface area contributed by atoms with Crippen molar-refractivity contribution in [3.8, 4) is 5.75 Å². The summed E-state index contributed by atoms with van der Waals surface area (Å²) in [6, 6.07) is 10.4. The van der Waals surface area contributed by atoms with Crippen LogP contribution in [0.5, 0.6) is 5.75 Å². The molecule has 1 aliphatic rings. The predicted molar refractivity (Wildman–Crippen MR) is 125 cm³/mol. The van der Waals surface area contributed by atoms with Gasteiger partial charge in [-0.25, -0.2) is 0 Å². The van der Waals surface area contributed by atoms with Crippen molar-refractivity contribution in [2.45, 2.75) is 26.4 Å². The van der Waals surface area contributed by atoms with Crippen molar-refractivity contribution in [3.05, 3.63) is 51.7 Å². The van der Waals surface area contributed by atoms with Crippen LogP contribution in [0.25, 0.3) is 0 Å². The molecule has 0 aliphatic carbocycles. The highest BCUT2D eigenvalue weighted by Gasteiger charge is 2.16. The van der Waals surface area contributed by atoms with Gasteiger partial charge in [0.05, 0.1) is 6.61 Å². The Hall–Kier alpha value is -1.32. The van der Waals surface area contributed by atoms with Crippen LogP contribution in [0.3, 0.4) is 0 Å². The molecule has 0 bridgehead atoms. The summed E-state index contributed by atoms with van der Waals surface area (Å²) in [6.07, 6.45) is 1.17. The zero-order chi connectivity index (χ0) is 18.2. The topological polar surface area (TPSA) is 48.9 Å². The van der Waals surface area contributed by atoms with E-state index >= 15 is 0 Å². The van der Waals surface area contributed by atoms with Gasteiger partial charge in [-0.2, -0.15) is 0 Å². The van der Waals surface area contributed by atoms with Crippen LogP contribution in [0.1, 0.15) is 22.9 Å². The molecule has 148 valence electrons. The minimum atomic E-state index is 0. The molecule has 0 amide bonds. The molecule has 0 spiro atoms. The maximum atomic E-state index is 5.68. The molecule has 0 atom stereocenters. The summed E-state index contributed by atoms with van der Waals surface area (Å²) >= 11 is 1.89. The summed E-state index contributed by atoms with van der Waals surface area (Å²) in [7, 11) is 1.81. The Morgan fingerprint density at radius 3 is 2.93 bits per heavy atom. The first-order valence-corrected chi connectivity index (χ1v) is 10.1. The predicted octanol–water partition coefficient (Wildman–Crippen LogP) is 3.49. The lowest BCUT2D eigenvalue weighted by atomic mass is 10.1. The van der Waals surface area contributed by atoms with Crippen LogP contribution in [0.2, 0.25) is 0 Å². The highest BCUT2D eigenvalue weighted by Crippen LogP contribution is 2.23. The molecule has 2 aromatic rings. The number of nitrogens with zero attached hydrogens (tertiary/aromatic N) is 2. The molecule has 0 fully saturated rings. The van der Waals surface area contributed by atoms with E-state index in [-0.39, 0.29) is 24.0 Å². The molecular weight excluding hydrogens is 471 g/mol. The second-order valence-electron chi connectivity index (χ2n) is 6.29. The number of hydrogen-bond acceptors (Lipinski definition) is 4. The van der Waals surface area contributed by atoms with Crippen molar-refractivity contribution in [2.75, 3.05) is 33.3 Å². The number of guanidine groups is 1. The van der Waals surface area contributed by atoms with Crippen LogP contribution >= 0.6 is 35.3 Å². The SMILES string of the molecule is CCOc1ccccc1CNC(=NC)NCCN1CCc2sccc2C1.I. The summed E-state index contributed by atoms with van der Waals surface area (Å²) < 4.78 is 5.68. The Labute approximate surface area is 183 Å². The quantitative estimate of drug-likeness (QED) is 0.347. The lowest BCUT2D eigenvalue weighted by Gasteiger charge is -2.27. The van der Waals surface area contributed by atoms with Gasteiger partial charge in [-0.05, 0) is 36.4 Å². The number of halogens is 1. The van der Waals surface area contributed by atoms with E-state index in [9.17, 15) is 0 Å². The average Bonchev–Trinajstić information content (AvgIpc) is 3.13. The fourth-order valence-electron chi connectivity index (χ4n) is 3.18. The maximum Gasteiger partial charge on any atom is 0.191 e. The first-order chi connectivity index (χ1) is 12.8. The lowest BCUT2D eigenvalue weighted by Crippen LogP contribution is -2.42. The van der Waals surface area contributed by atoms with E-state index < -0.39 is 0 Å². The van der Waals surface area contributed by atoms with Crippen LogP contribution in [0.15, 0.2) is 40.7 Å². The maximum absolute atomic E-state index is 5.68. The van der Waals surface area contributed by atoms with Gasteiger partial charge in [0, 0.05) is 50.2 Å². The standard InChI is InChI=1S/C20H28N4OS.HI/c1-3-25-18-7-5-4-6-16(18)14-23-20(21-2)22-10-12-24-11-8-19-17(15-24)9-13-26-19;/h4-7,9,13H,3,8,10-12,14-15H2,1-2H3,(H2,21,22,23);1H. The average molecular weight is 500 g/mol. The van der Waals surface area contributed by atoms with Gasteiger partial charge in [-0.1, -0.05) is 18.2 Å². The fourth-order valence-corrected chi connectivity index (χ4v) is 4.07. The molecule has 1 aromatic carbocycles. The number of para-hydroxylation sites is 1. The normalized spacial score (nSPS) is 14.2. The van der Waals surface area contributed by atoms with E-state index in [2.05, 4.69) is 38.0 Å². The second-order valence-corrected chi connectivity index (χ2v) is 7.29. The highest BCUT2D eigenvalue weighted by molar-refractivity contribution is 14.0. The Bertz CT molecular complexity index is 734. The number of hydrogen-bond donors (Lipinski definition) is 2. The Balaban J connectivity index is 0.00000261. The smallest absolute Gasteiger partial charge is 0.191 e. The van der Waals surface area contributed by atoms with Gasteiger partial charge in [0.1, 0.15) is 5.75 Å². The van der Waals surface area contributed by atoms with E-state index in [0.29, 0.717) is 13.2 Å². The molecule has 0 unspecified atom stereocenters. The Kier molecular flexibility index (Phi) is 9.36.